The van der Waals surface area contributed by atoms with Gasteiger partial charge in [-0.15, -0.1) is 12.4 Å². The largest absolute Gasteiger partial charge is 0.469 e. The Kier molecular flexibility index (Phi) is 3.45. The molecule has 0 saturated heterocycles. The molecular formula is C12H16ClN3O2. The van der Waals surface area contributed by atoms with E-state index < -0.39 is 5.54 Å². The van der Waals surface area contributed by atoms with Gasteiger partial charge < -0.3 is 14.7 Å². The molecule has 1 aliphatic carbocycles. The molecule has 2 heterocycles. The van der Waals surface area contributed by atoms with E-state index in [1.54, 1.807) is 6.26 Å². The van der Waals surface area contributed by atoms with Gasteiger partial charge >= 0.3 is 0 Å². The second-order valence-corrected chi connectivity index (χ2v) is 4.68. The zero-order valence-electron chi connectivity index (χ0n) is 10.2. The number of hydrogen-bond acceptors (Lipinski definition) is 5. The Morgan fingerprint density at radius 1 is 1.33 bits per heavy atom. The van der Waals surface area contributed by atoms with Crippen molar-refractivity contribution in [3.05, 3.63) is 23.9 Å². The fourth-order valence-corrected chi connectivity index (χ4v) is 2.37. The summed E-state index contributed by atoms with van der Waals surface area (Å²) in [4.78, 5) is 4.40. The Morgan fingerprint density at radius 2 is 2.06 bits per heavy atom. The molecular weight excluding hydrogens is 254 g/mol. The third kappa shape index (κ3) is 2.04. The van der Waals surface area contributed by atoms with Crippen LogP contribution in [0, 0.1) is 6.92 Å². The summed E-state index contributed by atoms with van der Waals surface area (Å²) in [7, 11) is 0. The lowest BCUT2D eigenvalue weighted by Gasteiger charge is -2.17. The van der Waals surface area contributed by atoms with E-state index in [0.717, 1.165) is 37.0 Å². The van der Waals surface area contributed by atoms with Crippen LogP contribution in [-0.2, 0) is 5.54 Å². The van der Waals surface area contributed by atoms with Crippen LogP contribution in [0.3, 0.4) is 0 Å². The summed E-state index contributed by atoms with van der Waals surface area (Å²) < 4.78 is 10.5. The van der Waals surface area contributed by atoms with Crippen molar-refractivity contribution in [1.82, 2.24) is 10.1 Å². The monoisotopic (exact) mass is 269 g/mol. The maximum Gasteiger partial charge on any atom is 0.261 e. The summed E-state index contributed by atoms with van der Waals surface area (Å²) in [6.45, 7) is 1.87. The van der Waals surface area contributed by atoms with E-state index in [1.165, 1.54) is 0 Å². The van der Waals surface area contributed by atoms with Crippen LogP contribution in [0.2, 0.25) is 0 Å². The first-order valence-electron chi connectivity index (χ1n) is 5.87. The van der Waals surface area contributed by atoms with Gasteiger partial charge in [-0.1, -0.05) is 18.0 Å². The third-order valence-electron chi connectivity index (χ3n) is 3.46. The van der Waals surface area contributed by atoms with Crippen LogP contribution in [0.15, 0.2) is 21.3 Å². The molecule has 1 aliphatic rings. The van der Waals surface area contributed by atoms with Crippen LogP contribution in [0.5, 0.6) is 0 Å². The van der Waals surface area contributed by atoms with E-state index in [2.05, 4.69) is 10.1 Å². The molecule has 1 saturated carbocycles. The Hall–Kier alpha value is -1.33. The molecule has 0 aliphatic heterocycles. The Morgan fingerprint density at radius 3 is 2.67 bits per heavy atom. The van der Waals surface area contributed by atoms with Crippen molar-refractivity contribution in [2.24, 2.45) is 5.73 Å². The number of aryl methyl sites for hydroxylation is 1. The van der Waals surface area contributed by atoms with Crippen molar-refractivity contribution >= 4 is 12.4 Å². The lowest BCUT2D eigenvalue weighted by Crippen LogP contribution is -2.34. The number of aromatic nitrogens is 2. The maximum absolute atomic E-state index is 6.28. The highest BCUT2D eigenvalue weighted by Gasteiger charge is 2.36. The molecule has 0 atom stereocenters. The molecule has 0 spiro atoms. The molecule has 3 rings (SSSR count). The summed E-state index contributed by atoms with van der Waals surface area (Å²) in [5.41, 5.74) is 6.71. The van der Waals surface area contributed by atoms with Crippen LogP contribution >= 0.6 is 12.4 Å². The molecule has 18 heavy (non-hydrogen) atoms. The topological polar surface area (TPSA) is 78.1 Å². The molecule has 1 fully saturated rings. The molecule has 5 nitrogen and oxygen atoms in total. The second-order valence-electron chi connectivity index (χ2n) is 4.68. The Bertz CT molecular complexity index is 529. The number of nitrogens with two attached hydrogens (primary N) is 1. The van der Waals surface area contributed by atoms with Crippen molar-refractivity contribution in [1.29, 1.82) is 0 Å². The molecule has 0 aromatic carbocycles. The molecule has 2 aromatic heterocycles. The average molecular weight is 270 g/mol. The molecule has 2 aromatic rings. The van der Waals surface area contributed by atoms with Gasteiger partial charge in [0, 0.05) is 0 Å². The fraction of sp³-hybridized carbons (Fsp3) is 0.500. The number of nitrogens with zero attached hydrogens (tertiary/aromatic N) is 2. The SMILES string of the molecule is Cc1occc1-c1nc(C2(N)CCCC2)no1.Cl. The molecule has 0 amide bonds. The summed E-state index contributed by atoms with van der Waals surface area (Å²) in [5, 5.41) is 4.01. The summed E-state index contributed by atoms with van der Waals surface area (Å²) in [5.74, 6) is 1.88. The number of hydrogen-bond donors (Lipinski definition) is 1. The molecule has 0 bridgehead atoms. The van der Waals surface area contributed by atoms with Crippen LogP contribution in [0.1, 0.15) is 37.3 Å². The summed E-state index contributed by atoms with van der Waals surface area (Å²) in [6.07, 6.45) is 5.73. The van der Waals surface area contributed by atoms with Crippen molar-refractivity contribution in [2.75, 3.05) is 0 Å². The van der Waals surface area contributed by atoms with Gasteiger partial charge in [-0.25, -0.2) is 0 Å². The second kappa shape index (κ2) is 4.74. The van der Waals surface area contributed by atoms with Crippen LogP contribution in [0.4, 0.5) is 0 Å². The minimum atomic E-state index is -0.403. The van der Waals surface area contributed by atoms with Crippen LogP contribution in [0.25, 0.3) is 11.5 Å². The van der Waals surface area contributed by atoms with Crippen molar-refractivity contribution in [2.45, 2.75) is 38.1 Å². The van der Waals surface area contributed by atoms with Gasteiger partial charge in [0.2, 0.25) is 0 Å². The van der Waals surface area contributed by atoms with E-state index in [-0.39, 0.29) is 12.4 Å². The maximum atomic E-state index is 6.28. The first-order chi connectivity index (χ1) is 8.19. The predicted octanol–water partition coefficient (Wildman–Crippen LogP) is 2.79. The van der Waals surface area contributed by atoms with Gasteiger partial charge in [0.25, 0.3) is 5.89 Å². The number of halogens is 1. The van der Waals surface area contributed by atoms with E-state index >= 15 is 0 Å². The van der Waals surface area contributed by atoms with Gasteiger partial charge in [-0.3, -0.25) is 0 Å². The average Bonchev–Trinajstić information content (AvgIpc) is 2.97. The molecule has 0 unspecified atom stereocenters. The number of rotatable bonds is 2. The Labute approximate surface area is 111 Å². The summed E-state index contributed by atoms with van der Waals surface area (Å²) >= 11 is 0. The molecule has 6 heteroatoms. The lowest BCUT2D eigenvalue weighted by molar-refractivity contribution is 0.372. The summed E-state index contributed by atoms with van der Waals surface area (Å²) in [6, 6.07) is 1.82. The lowest BCUT2D eigenvalue weighted by atomic mass is 9.99. The standard InChI is InChI=1S/C12H15N3O2.ClH/c1-8-9(4-7-16-8)10-14-11(15-17-10)12(13)5-2-3-6-12;/h4,7H,2-3,5-6,13H2,1H3;1H. The van der Waals surface area contributed by atoms with Gasteiger partial charge in [0.15, 0.2) is 5.82 Å². The van der Waals surface area contributed by atoms with Crippen molar-refractivity contribution in [3.8, 4) is 11.5 Å². The normalized spacial score (nSPS) is 17.7. The zero-order valence-corrected chi connectivity index (χ0v) is 11.0. The van der Waals surface area contributed by atoms with Gasteiger partial charge in [0.1, 0.15) is 5.76 Å². The first-order valence-corrected chi connectivity index (χ1v) is 5.87. The van der Waals surface area contributed by atoms with E-state index in [0.29, 0.717) is 11.7 Å². The van der Waals surface area contributed by atoms with Crippen molar-refractivity contribution < 1.29 is 8.94 Å². The smallest absolute Gasteiger partial charge is 0.261 e. The third-order valence-corrected chi connectivity index (χ3v) is 3.46. The van der Waals surface area contributed by atoms with E-state index in [4.69, 9.17) is 14.7 Å². The van der Waals surface area contributed by atoms with Crippen molar-refractivity contribution in [3.63, 3.8) is 0 Å². The highest BCUT2D eigenvalue weighted by Crippen LogP contribution is 2.35. The highest BCUT2D eigenvalue weighted by molar-refractivity contribution is 5.85. The van der Waals surface area contributed by atoms with Crippen LogP contribution < -0.4 is 5.73 Å². The van der Waals surface area contributed by atoms with Crippen LogP contribution in [-0.4, -0.2) is 10.1 Å². The number of furan rings is 1. The predicted molar refractivity (Wildman–Crippen MR) is 68.3 cm³/mol. The molecule has 98 valence electrons. The first kappa shape index (κ1) is 13.1. The van der Waals surface area contributed by atoms with E-state index in [1.807, 2.05) is 13.0 Å². The van der Waals surface area contributed by atoms with E-state index in [9.17, 15) is 0 Å². The van der Waals surface area contributed by atoms with Gasteiger partial charge in [0.05, 0.1) is 17.4 Å². The Balaban J connectivity index is 0.00000120. The quantitative estimate of drug-likeness (QED) is 0.907. The van der Waals surface area contributed by atoms with Gasteiger partial charge in [-0.2, -0.15) is 4.98 Å². The molecule has 2 N–H and O–H groups in total. The minimum absolute atomic E-state index is 0. The minimum Gasteiger partial charge on any atom is -0.469 e. The fourth-order valence-electron chi connectivity index (χ4n) is 2.37. The highest BCUT2D eigenvalue weighted by atomic mass is 35.5. The van der Waals surface area contributed by atoms with Gasteiger partial charge in [-0.05, 0) is 25.8 Å². The molecule has 0 radical (unpaired) electrons. The zero-order chi connectivity index (χ0) is 11.9.